The van der Waals surface area contributed by atoms with E-state index in [1.165, 1.54) is 13.8 Å². The minimum absolute atomic E-state index is 1.09. The Morgan fingerprint density at radius 3 is 1.78 bits per heavy atom. The number of hydrogen-bond donors (Lipinski definition) is 0. The maximum absolute atomic E-state index is 10.7. The molecule has 0 saturated heterocycles. The van der Waals surface area contributed by atoms with Crippen LogP contribution in [0.3, 0.4) is 0 Å². The molecule has 0 aliphatic rings. The number of rotatable bonds is 1. The van der Waals surface area contributed by atoms with E-state index in [9.17, 15) is 8.42 Å². The van der Waals surface area contributed by atoms with Gasteiger partial charge in [0.1, 0.15) is 4.75 Å². The standard InChI is InChI=1S/C6H9O2S/c1-5-6(2,3)9(4,7)8/h2-4H3. The fourth-order valence-electron chi connectivity index (χ4n) is 0.0927. The molecule has 0 unspecified atom stereocenters. The van der Waals surface area contributed by atoms with E-state index in [-0.39, 0.29) is 0 Å². The van der Waals surface area contributed by atoms with Crippen LogP contribution in [0.2, 0.25) is 0 Å². The van der Waals surface area contributed by atoms with E-state index >= 15 is 0 Å². The van der Waals surface area contributed by atoms with Crippen LogP contribution in [0.5, 0.6) is 0 Å². The summed E-state index contributed by atoms with van der Waals surface area (Å²) in [7, 11) is -3.15. The Hall–Kier alpha value is -0.490. The van der Waals surface area contributed by atoms with Gasteiger partial charge in [-0.15, -0.1) is 0 Å². The lowest BCUT2D eigenvalue weighted by Gasteiger charge is -2.12. The molecule has 0 aromatic heterocycles. The van der Waals surface area contributed by atoms with Crippen molar-refractivity contribution in [1.29, 1.82) is 0 Å². The van der Waals surface area contributed by atoms with Gasteiger partial charge in [-0.3, -0.25) is 0 Å². The quantitative estimate of drug-likeness (QED) is 0.500. The van der Waals surface area contributed by atoms with Crippen molar-refractivity contribution in [1.82, 2.24) is 0 Å². The fraction of sp³-hybridized carbons (Fsp3) is 0.667. The molecule has 0 spiro atoms. The van der Waals surface area contributed by atoms with Crippen molar-refractivity contribution in [2.24, 2.45) is 0 Å². The van der Waals surface area contributed by atoms with Gasteiger partial charge in [0.2, 0.25) is 0 Å². The molecule has 0 saturated carbocycles. The van der Waals surface area contributed by atoms with Crippen LogP contribution in [-0.2, 0) is 9.84 Å². The monoisotopic (exact) mass is 145 g/mol. The lowest BCUT2D eigenvalue weighted by molar-refractivity contribution is 0.581. The Bertz CT molecular complexity index is 228. The van der Waals surface area contributed by atoms with E-state index in [1.54, 1.807) is 0 Å². The zero-order valence-corrected chi connectivity index (χ0v) is 6.54. The fourth-order valence-corrected chi connectivity index (χ4v) is 0.278. The summed E-state index contributed by atoms with van der Waals surface area (Å²) < 4.78 is 20.3. The van der Waals surface area contributed by atoms with E-state index in [1.807, 2.05) is 5.92 Å². The zero-order chi connectivity index (χ0) is 7.71. The molecule has 0 aromatic carbocycles. The molecule has 0 amide bonds. The third-order valence-electron chi connectivity index (χ3n) is 1.23. The van der Waals surface area contributed by atoms with Crippen LogP contribution in [-0.4, -0.2) is 19.4 Å². The highest BCUT2D eigenvalue weighted by Gasteiger charge is 2.26. The predicted molar refractivity (Wildman–Crippen MR) is 36.1 cm³/mol. The smallest absolute Gasteiger partial charge is 0.163 e. The Kier molecular flexibility index (Phi) is 1.92. The summed E-state index contributed by atoms with van der Waals surface area (Å²) >= 11 is 0. The van der Waals surface area contributed by atoms with Crippen molar-refractivity contribution in [2.45, 2.75) is 18.6 Å². The van der Waals surface area contributed by atoms with Gasteiger partial charge in [-0.25, -0.2) is 8.42 Å². The van der Waals surface area contributed by atoms with Crippen LogP contribution in [0.15, 0.2) is 0 Å². The first-order valence-electron chi connectivity index (χ1n) is 2.45. The lowest BCUT2D eigenvalue weighted by Crippen LogP contribution is -2.28. The van der Waals surface area contributed by atoms with Crippen molar-refractivity contribution in [3.63, 3.8) is 0 Å². The topological polar surface area (TPSA) is 34.1 Å². The van der Waals surface area contributed by atoms with Gasteiger partial charge in [0.05, 0.1) is 0 Å². The third kappa shape index (κ3) is 1.72. The first kappa shape index (κ1) is 8.51. The first-order chi connectivity index (χ1) is 3.81. The molecular weight excluding hydrogens is 136 g/mol. The molecule has 2 nitrogen and oxygen atoms in total. The molecule has 0 heterocycles. The Morgan fingerprint density at radius 2 is 1.78 bits per heavy atom. The lowest BCUT2D eigenvalue weighted by atomic mass is 10.2. The van der Waals surface area contributed by atoms with Gasteiger partial charge in [0.15, 0.2) is 9.84 Å². The SMILES string of the molecule is [C]#CC(C)(C)S(C)(=O)=O. The number of hydrogen-bond acceptors (Lipinski definition) is 2. The summed E-state index contributed by atoms with van der Waals surface area (Å²) in [5, 5.41) is 0. The van der Waals surface area contributed by atoms with Gasteiger partial charge < -0.3 is 0 Å². The van der Waals surface area contributed by atoms with Crippen LogP contribution in [0.4, 0.5) is 0 Å². The summed E-state index contributed by atoms with van der Waals surface area (Å²) in [5.41, 5.74) is 0. The predicted octanol–water partition coefficient (Wildman–Crippen LogP) is 0.399. The third-order valence-corrected chi connectivity index (χ3v) is 3.18. The minimum Gasteiger partial charge on any atom is -0.228 e. The van der Waals surface area contributed by atoms with Crippen molar-refractivity contribution in [2.75, 3.05) is 6.26 Å². The molecule has 9 heavy (non-hydrogen) atoms. The van der Waals surface area contributed by atoms with Crippen molar-refractivity contribution in [3.8, 4) is 5.92 Å². The summed E-state index contributed by atoms with van der Waals surface area (Å²) in [4.78, 5) is 0. The van der Waals surface area contributed by atoms with Gasteiger partial charge in [-0.05, 0) is 20.3 Å². The summed E-state index contributed by atoms with van der Waals surface area (Å²) in [6, 6.07) is 0. The normalized spacial score (nSPS) is 12.7. The highest BCUT2D eigenvalue weighted by molar-refractivity contribution is 7.92. The molecule has 1 radical (unpaired) electrons. The van der Waals surface area contributed by atoms with Crippen molar-refractivity contribution < 1.29 is 8.42 Å². The summed E-state index contributed by atoms with van der Waals surface area (Å²) in [6.45, 7) is 2.88. The second-order valence-corrected chi connectivity index (χ2v) is 4.97. The maximum Gasteiger partial charge on any atom is 0.163 e. The van der Waals surface area contributed by atoms with Crippen LogP contribution in [0, 0.1) is 12.3 Å². The van der Waals surface area contributed by atoms with Crippen LogP contribution < -0.4 is 0 Å². The second kappa shape index (κ2) is 2.03. The van der Waals surface area contributed by atoms with Gasteiger partial charge >= 0.3 is 0 Å². The van der Waals surface area contributed by atoms with Crippen molar-refractivity contribution in [3.05, 3.63) is 6.42 Å². The molecule has 0 fully saturated rings. The van der Waals surface area contributed by atoms with Crippen LogP contribution in [0.1, 0.15) is 13.8 Å². The Morgan fingerprint density at radius 1 is 1.44 bits per heavy atom. The molecule has 0 aromatic rings. The molecular formula is C6H9O2S. The molecule has 51 valence electrons. The largest absolute Gasteiger partial charge is 0.228 e. The van der Waals surface area contributed by atoms with Gasteiger partial charge in [0, 0.05) is 6.26 Å². The molecule has 0 atom stereocenters. The van der Waals surface area contributed by atoms with E-state index < -0.39 is 14.6 Å². The first-order valence-corrected chi connectivity index (χ1v) is 4.34. The zero-order valence-electron chi connectivity index (χ0n) is 5.72. The van der Waals surface area contributed by atoms with Crippen LogP contribution in [0.25, 0.3) is 0 Å². The highest BCUT2D eigenvalue weighted by atomic mass is 32.2. The average molecular weight is 145 g/mol. The van der Waals surface area contributed by atoms with E-state index in [0.29, 0.717) is 0 Å². The van der Waals surface area contributed by atoms with E-state index in [2.05, 4.69) is 0 Å². The van der Waals surface area contributed by atoms with Gasteiger partial charge in [-0.1, -0.05) is 5.92 Å². The molecule has 3 heteroatoms. The highest BCUT2D eigenvalue weighted by Crippen LogP contribution is 2.11. The van der Waals surface area contributed by atoms with Gasteiger partial charge in [-0.2, -0.15) is 0 Å². The number of sulfone groups is 1. The molecule has 0 aliphatic heterocycles. The molecule has 0 bridgehead atoms. The maximum atomic E-state index is 10.7. The Labute approximate surface area is 56.2 Å². The summed E-state index contributed by atoms with van der Waals surface area (Å²) in [5.74, 6) is 1.94. The Balaban J connectivity index is 4.85. The average Bonchev–Trinajstić information content (AvgIpc) is 1.64. The van der Waals surface area contributed by atoms with E-state index in [4.69, 9.17) is 6.42 Å². The van der Waals surface area contributed by atoms with Crippen molar-refractivity contribution >= 4 is 9.84 Å². The molecule has 0 rings (SSSR count). The molecule has 0 N–H and O–H groups in total. The van der Waals surface area contributed by atoms with Crippen LogP contribution >= 0.6 is 0 Å². The van der Waals surface area contributed by atoms with Gasteiger partial charge in [0.25, 0.3) is 0 Å². The van der Waals surface area contributed by atoms with E-state index in [0.717, 1.165) is 6.26 Å². The second-order valence-electron chi connectivity index (χ2n) is 2.41. The molecule has 0 aliphatic carbocycles. The summed E-state index contributed by atoms with van der Waals surface area (Å²) in [6.07, 6.45) is 7.72. The minimum atomic E-state index is -3.15.